The second-order valence-electron chi connectivity index (χ2n) is 2.97. The third-order valence-corrected chi connectivity index (χ3v) is 1.85. The topological polar surface area (TPSA) is 74.2 Å². The highest BCUT2D eigenvalue weighted by molar-refractivity contribution is 5.57. The minimum Gasteiger partial charge on any atom is -0.398 e. The van der Waals surface area contributed by atoms with Crippen molar-refractivity contribution >= 4 is 5.69 Å². The Morgan fingerprint density at radius 1 is 1.35 bits per heavy atom. The Bertz CT molecular complexity index is 407. The molecule has 9 heteroatoms. The molecule has 0 aliphatic carbocycles. The van der Waals surface area contributed by atoms with Crippen molar-refractivity contribution in [3.05, 3.63) is 17.3 Å². The number of nitrogens with zero attached hydrogens (tertiary/aromatic N) is 1. The van der Waals surface area contributed by atoms with Crippen molar-refractivity contribution < 1.29 is 26.7 Å². The predicted molar refractivity (Wildman–Crippen MR) is 48.2 cm³/mol. The van der Waals surface area contributed by atoms with E-state index in [9.17, 15) is 22.0 Å². The van der Waals surface area contributed by atoms with Gasteiger partial charge in [0.2, 0.25) is 5.88 Å². The molecule has 0 saturated heterocycles. The standard InChI is InChI=1S/C8H8F5N3O/c9-6(10)4-5(15)3(1-14)2-16-7(4)17-8(11,12)13/h2,6H,1,14H2,(H2,15,16). The molecule has 4 N–H and O–H groups in total. The van der Waals surface area contributed by atoms with E-state index in [1.165, 1.54) is 0 Å². The SMILES string of the molecule is NCc1cnc(OC(F)(F)F)c(C(F)F)c1N. The van der Waals surface area contributed by atoms with Crippen LogP contribution in [0.15, 0.2) is 6.20 Å². The molecule has 0 aliphatic heterocycles. The number of nitrogens with two attached hydrogens (primary N) is 2. The molecule has 1 heterocycles. The van der Waals surface area contributed by atoms with Gasteiger partial charge in [-0.3, -0.25) is 0 Å². The smallest absolute Gasteiger partial charge is 0.398 e. The average molecular weight is 257 g/mol. The summed E-state index contributed by atoms with van der Waals surface area (Å²) in [7, 11) is 0. The van der Waals surface area contributed by atoms with Crippen LogP contribution in [-0.4, -0.2) is 11.3 Å². The zero-order valence-corrected chi connectivity index (χ0v) is 8.26. The fraction of sp³-hybridized carbons (Fsp3) is 0.375. The van der Waals surface area contributed by atoms with E-state index in [1.807, 2.05) is 0 Å². The predicted octanol–water partition coefficient (Wildman–Crippen LogP) is 1.96. The molecule has 17 heavy (non-hydrogen) atoms. The number of hydrogen-bond donors (Lipinski definition) is 2. The summed E-state index contributed by atoms with van der Waals surface area (Å²) in [5, 5.41) is 0. The summed E-state index contributed by atoms with van der Waals surface area (Å²) in [6.45, 7) is -0.217. The van der Waals surface area contributed by atoms with E-state index in [2.05, 4.69) is 9.72 Å². The van der Waals surface area contributed by atoms with Crippen LogP contribution in [0.1, 0.15) is 17.6 Å². The summed E-state index contributed by atoms with van der Waals surface area (Å²) in [5.41, 5.74) is 8.81. The quantitative estimate of drug-likeness (QED) is 0.812. The number of hydrogen-bond acceptors (Lipinski definition) is 4. The first-order valence-electron chi connectivity index (χ1n) is 4.27. The maximum absolute atomic E-state index is 12.6. The zero-order valence-electron chi connectivity index (χ0n) is 8.26. The van der Waals surface area contributed by atoms with Crippen molar-refractivity contribution in [3.8, 4) is 5.88 Å². The van der Waals surface area contributed by atoms with Crippen molar-refractivity contribution in [3.63, 3.8) is 0 Å². The van der Waals surface area contributed by atoms with Crippen molar-refractivity contribution in [2.45, 2.75) is 19.3 Å². The molecule has 4 nitrogen and oxygen atoms in total. The maximum atomic E-state index is 12.6. The van der Waals surface area contributed by atoms with Crippen molar-refractivity contribution in [2.24, 2.45) is 5.73 Å². The molecule has 0 spiro atoms. The molecule has 0 atom stereocenters. The van der Waals surface area contributed by atoms with Crippen LogP contribution in [0.2, 0.25) is 0 Å². The van der Waals surface area contributed by atoms with Crippen molar-refractivity contribution in [1.82, 2.24) is 4.98 Å². The Hall–Kier alpha value is -1.64. The van der Waals surface area contributed by atoms with Crippen LogP contribution in [0, 0.1) is 0 Å². The molecule has 1 rings (SSSR count). The molecular formula is C8H8F5N3O. The molecule has 0 fully saturated rings. The molecule has 1 aromatic heterocycles. The van der Waals surface area contributed by atoms with Gasteiger partial charge in [-0.05, 0) is 0 Å². The van der Waals surface area contributed by atoms with Crippen LogP contribution in [0.25, 0.3) is 0 Å². The largest absolute Gasteiger partial charge is 0.574 e. The highest BCUT2D eigenvalue weighted by Crippen LogP contribution is 2.36. The van der Waals surface area contributed by atoms with Crippen LogP contribution in [-0.2, 0) is 6.54 Å². The van der Waals surface area contributed by atoms with Crippen LogP contribution in [0.4, 0.5) is 27.6 Å². The Morgan fingerprint density at radius 3 is 2.35 bits per heavy atom. The minimum absolute atomic E-state index is 0.0230. The minimum atomic E-state index is -5.12. The molecule has 1 aromatic rings. The van der Waals surface area contributed by atoms with Crippen molar-refractivity contribution in [2.75, 3.05) is 5.73 Å². The first-order chi connectivity index (χ1) is 7.76. The third-order valence-electron chi connectivity index (χ3n) is 1.85. The number of rotatable bonds is 3. The number of aromatic nitrogens is 1. The van der Waals surface area contributed by atoms with E-state index >= 15 is 0 Å². The van der Waals surface area contributed by atoms with Gasteiger partial charge in [0, 0.05) is 18.3 Å². The summed E-state index contributed by atoms with van der Waals surface area (Å²) in [4.78, 5) is 3.13. The van der Waals surface area contributed by atoms with Gasteiger partial charge in [-0.1, -0.05) is 0 Å². The lowest BCUT2D eigenvalue weighted by Gasteiger charge is -2.15. The number of pyridine rings is 1. The fourth-order valence-electron chi connectivity index (χ4n) is 1.13. The van der Waals surface area contributed by atoms with E-state index in [1.54, 1.807) is 0 Å². The molecule has 0 bridgehead atoms. The van der Waals surface area contributed by atoms with E-state index < -0.39 is 29.9 Å². The van der Waals surface area contributed by atoms with Gasteiger partial charge >= 0.3 is 6.36 Å². The fourth-order valence-corrected chi connectivity index (χ4v) is 1.13. The lowest BCUT2D eigenvalue weighted by atomic mass is 10.1. The lowest BCUT2D eigenvalue weighted by molar-refractivity contribution is -0.276. The molecule has 0 aliphatic rings. The number of anilines is 1. The van der Waals surface area contributed by atoms with E-state index in [4.69, 9.17) is 11.5 Å². The molecule has 0 saturated carbocycles. The first kappa shape index (κ1) is 13.4. The number of alkyl halides is 5. The molecule has 0 aromatic carbocycles. The summed E-state index contributed by atoms with van der Waals surface area (Å²) in [6, 6.07) is 0. The summed E-state index contributed by atoms with van der Waals surface area (Å²) in [5.74, 6) is -1.26. The van der Waals surface area contributed by atoms with Crippen LogP contribution < -0.4 is 16.2 Å². The summed E-state index contributed by atoms with van der Waals surface area (Å²) in [6.07, 6.45) is -7.50. The van der Waals surface area contributed by atoms with Crippen LogP contribution >= 0.6 is 0 Å². The molecule has 96 valence electrons. The average Bonchev–Trinajstić information content (AvgIpc) is 2.14. The van der Waals surface area contributed by atoms with Gasteiger partial charge in [-0.25, -0.2) is 13.8 Å². The second-order valence-corrected chi connectivity index (χ2v) is 2.97. The third kappa shape index (κ3) is 3.16. The van der Waals surface area contributed by atoms with Gasteiger partial charge in [0.05, 0.1) is 5.69 Å². The van der Waals surface area contributed by atoms with E-state index in [-0.39, 0.29) is 12.1 Å². The van der Waals surface area contributed by atoms with Gasteiger partial charge in [0.15, 0.2) is 0 Å². The molecule has 0 radical (unpaired) electrons. The second kappa shape index (κ2) is 4.70. The number of halogens is 5. The van der Waals surface area contributed by atoms with Gasteiger partial charge in [0.1, 0.15) is 5.56 Å². The Morgan fingerprint density at radius 2 is 1.94 bits per heavy atom. The van der Waals surface area contributed by atoms with Crippen molar-refractivity contribution in [1.29, 1.82) is 0 Å². The highest BCUT2D eigenvalue weighted by atomic mass is 19.4. The number of nitrogen functional groups attached to an aromatic ring is 1. The van der Waals surface area contributed by atoms with E-state index in [0.717, 1.165) is 6.20 Å². The first-order valence-corrected chi connectivity index (χ1v) is 4.27. The van der Waals surface area contributed by atoms with Gasteiger partial charge in [-0.2, -0.15) is 0 Å². The molecule has 0 amide bonds. The Kier molecular flexibility index (Phi) is 3.71. The van der Waals surface area contributed by atoms with E-state index in [0.29, 0.717) is 0 Å². The summed E-state index contributed by atoms with van der Waals surface area (Å²) >= 11 is 0. The lowest BCUT2D eigenvalue weighted by Crippen LogP contribution is -2.20. The maximum Gasteiger partial charge on any atom is 0.574 e. The monoisotopic (exact) mass is 257 g/mol. The summed E-state index contributed by atoms with van der Waals surface area (Å²) < 4.78 is 64.3. The Balaban J connectivity index is 3.27. The molecule has 0 unspecified atom stereocenters. The zero-order chi connectivity index (χ0) is 13.2. The van der Waals surface area contributed by atoms with Crippen LogP contribution in [0.5, 0.6) is 5.88 Å². The van der Waals surface area contributed by atoms with Gasteiger partial charge < -0.3 is 16.2 Å². The highest BCUT2D eigenvalue weighted by Gasteiger charge is 2.35. The Labute approximate surface area is 92.4 Å². The number of ether oxygens (including phenoxy) is 1. The van der Waals surface area contributed by atoms with Gasteiger partial charge in [0.25, 0.3) is 6.43 Å². The van der Waals surface area contributed by atoms with Gasteiger partial charge in [-0.15, -0.1) is 13.2 Å². The van der Waals surface area contributed by atoms with Crippen LogP contribution in [0.3, 0.4) is 0 Å². The molecular weight excluding hydrogens is 249 g/mol. The normalized spacial score (nSPS) is 11.9.